The standard InChI is InChI=1S/C22H26N4O2/c1-16-8-7-9-17(2)22(16)23-20(27)14-25(3)15-21(28)26-13-12-19(24-26)18-10-5-4-6-11-18/h4-11H,12-15H2,1-3H3,(H,23,27)/p+1. The number of aryl methyl sites for hydroxylation is 2. The van der Waals surface area contributed by atoms with Gasteiger partial charge in [-0.15, -0.1) is 0 Å². The fraction of sp³-hybridized carbons (Fsp3) is 0.318. The lowest BCUT2D eigenvalue weighted by molar-refractivity contribution is -0.862. The van der Waals surface area contributed by atoms with Crippen LogP contribution in [0.5, 0.6) is 0 Å². The number of hydrogen-bond donors (Lipinski definition) is 2. The van der Waals surface area contributed by atoms with Crippen LogP contribution >= 0.6 is 0 Å². The van der Waals surface area contributed by atoms with Gasteiger partial charge in [-0.1, -0.05) is 48.5 Å². The van der Waals surface area contributed by atoms with Gasteiger partial charge in [0.15, 0.2) is 13.1 Å². The fourth-order valence-corrected chi connectivity index (χ4v) is 3.35. The summed E-state index contributed by atoms with van der Waals surface area (Å²) in [6, 6.07) is 15.8. The summed E-state index contributed by atoms with van der Waals surface area (Å²) in [7, 11) is 1.85. The van der Waals surface area contributed by atoms with Gasteiger partial charge in [-0.2, -0.15) is 5.10 Å². The van der Waals surface area contributed by atoms with E-state index in [9.17, 15) is 9.59 Å². The Morgan fingerprint density at radius 3 is 2.39 bits per heavy atom. The van der Waals surface area contributed by atoms with Crippen LogP contribution in [0, 0.1) is 13.8 Å². The number of para-hydroxylation sites is 1. The number of nitrogens with zero attached hydrogens (tertiary/aromatic N) is 2. The molecule has 2 amide bonds. The summed E-state index contributed by atoms with van der Waals surface area (Å²) in [5, 5.41) is 8.96. The minimum atomic E-state index is -0.0994. The number of carbonyl (C=O) groups excluding carboxylic acids is 2. The first-order chi connectivity index (χ1) is 13.4. The van der Waals surface area contributed by atoms with Gasteiger partial charge in [-0.3, -0.25) is 9.59 Å². The normalized spacial score (nSPS) is 14.5. The van der Waals surface area contributed by atoms with Crippen molar-refractivity contribution in [3.8, 4) is 0 Å². The molecule has 146 valence electrons. The van der Waals surface area contributed by atoms with Gasteiger partial charge in [0.2, 0.25) is 0 Å². The zero-order valence-corrected chi connectivity index (χ0v) is 16.7. The number of nitrogens with one attached hydrogen (secondary N) is 2. The number of benzene rings is 2. The molecule has 3 rings (SSSR count). The predicted octanol–water partition coefficient (Wildman–Crippen LogP) is 1.39. The van der Waals surface area contributed by atoms with Crippen LogP contribution in [0.1, 0.15) is 23.1 Å². The lowest BCUT2D eigenvalue weighted by Gasteiger charge is -2.17. The molecule has 0 saturated heterocycles. The van der Waals surface area contributed by atoms with Crippen molar-refractivity contribution in [1.29, 1.82) is 0 Å². The fourth-order valence-electron chi connectivity index (χ4n) is 3.35. The molecule has 0 spiro atoms. The number of quaternary nitrogens is 1. The van der Waals surface area contributed by atoms with E-state index in [4.69, 9.17) is 0 Å². The topological polar surface area (TPSA) is 66.2 Å². The van der Waals surface area contributed by atoms with Crippen LogP contribution in [0.3, 0.4) is 0 Å². The van der Waals surface area contributed by atoms with Crippen LogP contribution in [0.15, 0.2) is 53.6 Å². The van der Waals surface area contributed by atoms with E-state index in [0.29, 0.717) is 6.54 Å². The van der Waals surface area contributed by atoms with Crippen LogP contribution < -0.4 is 10.2 Å². The average molecular weight is 379 g/mol. The number of hydrazone groups is 1. The van der Waals surface area contributed by atoms with Crippen LogP contribution in [0.2, 0.25) is 0 Å². The zero-order valence-electron chi connectivity index (χ0n) is 16.7. The smallest absolute Gasteiger partial charge is 0.297 e. The predicted molar refractivity (Wildman–Crippen MR) is 110 cm³/mol. The van der Waals surface area contributed by atoms with Gasteiger partial charge in [0.05, 0.1) is 19.3 Å². The Hall–Kier alpha value is -2.99. The quantitative estimate of drug-likeness (QED) is 0.797. The SMILES string of the molecule is Cc1cccc(C)c1NC(=O)C[NH+](C)CC(=O)N1CCC(c2ccccc2)=N1. The van der Waals surface area contributed by atoms with E-state index >= 15 is 0 Å². The van der Waals surface area contributed by atoms with E-state index in [-0.39, 0.29) is 24.9 Å². The Labute approximate surface area is 165 Å². The summed E-state index contributed by atoms with van der Waals surface area (Å²) in [6.07, 6.45) is 0.752. The molecule has 1 heterocycles. The maximum Gasteiger partial charge on any atom is 0.297 e. The Bertz CT molecular complexity index is 872. The largest absolute Gasteiger partial charge is 0.322 e. The molecule has 1 aliphatic heterocycles. The highest BCUT2D eigenvalue weighted by Crippen LogP contribution is 2.19. The molecule has 1 aliphatic rings. The molecular weight excluding hydrogens is 352 g/mol. The molecule has 1 unspecified atom stereocenters. The van der Waals surface area contributed by atoms with E-state index in [2.05, 4.69) is 10.4 Å². The molecular formula is C22H27N4O2+. The molecule has 6 heteroatoms. The van der Waals surface area contributed by atoms with Crippen molar-refractivity contribution < 1.29 is 14.5 Å². The molecule has 1 atom stereocenters. The van der Waals surface area contributed by atoms with Gasteiger partial charge in [-0.05, 0) is 30.5 Å². The third-order valence-corrected chi connectivity index (χ3v) is 4.86. The lowest BCUT2D eigenvalue weighted by Crippen LogP contribution is -3.11. The summed E-state index contributed by atoms with van der Waals surface area (Å²) < 4.78 is 0. The Morgan fingerprint density at radius 2 is 1.71 bits per heavy atom. The number of amides is 2. The number of rotatable bonds is 6. The molecule has 28 heavy (non-hydrogen) atoms. The van der Waals surface area contributed by atoms with Crippen LogP contribution in [0.4, 0.5) is 5.69 Å². The van der Waals surface area contributed by atoms with Crippen molar-refractivity contribution >= 4 is 23.2 Å². The average Bonchev–Trinajstić information content (AvgIpc) is 3.16. The molecule has 2 N–H and O–H groups in total. The van der Waals surface area contributed by atoms with Crippen molar-refractivity contribution in [2.45, 2.75) is 20.3 Å². The van der Waals surface area contributed by atoms with Gasteiger partial charge in [-0.25, -0.2) is 5.01 Å². The minimum absolute atomic E-state index is 0.0664. The van der Waals surface area contributed by atoms with Gasteiger partial charge in [0.25, 0.3) is 11.8 Å². The number of carbonyl (C=O) groups is 2. The number of anilines is 1. The van der Waals surface area contributed by atoms with Gasteiger partial charge < -0.3 is 10.2 Å². The first-order valence-corrected chi connectivity index (χ1v) is 9.54. The van der Waals surface area contributed by atoms with E-state index in [1.807, 2.05) is 69.4 Å². The summed E-state index contributed by atoms with van der Waals surface area (Å²) in [5.41, 5.74) is 4.89. The second-order valence-corrected chi connectivity index (χ2v) is 7.31. The molecule has 0 aliphatic carbocycles. The zero-order chi connectivity index (χ0) is 20.1. The first-order valence-electron chi connectivity index (χ1n) is 9.54. The van der Waals surface area contributed by atoms with E-state index in [1.165, 1.54) is 5.01 Å². The van der Waals surface area contributed by atoms with Crippen LogP contribution in [-0.2, 0) is 9.59 Å². The lowest BCUT2D eigenvalue weighted by atomic mass is 10.1. The Kier molecular flexibility index (Phi) is 6.21. The monoisotopic (exact) mass is 379 g/mol. The van der Waals surface area contributed by atoms with Crippen molar-refractivity contribution in [2.75, 3.05) is 32.0 Å². The second-order valence-electron chi connectivity index (χ2n) is 7.31. The number of hydrogen-bond acceptors (Lipinski definition) is 3. The second kappa shape index (κ2) is 8.80. The van der Waals surface area contributed by atoms with Crippen molar-refractivity contribution in [2.24, 2.45) is 5.10 Å². The Balaban J connectivity index is 1.53. The molecule has 2 aromatic carbocycles. The van der Waals surface area contributed by atoms with Crippen molar-refractivity contribution in [3.63, 3.8) is 0 Å². The maximum atomic E-state index is 12.5. The molecule has 0 fully saturated rings. The third kappa shape index (κ3) is 4.84. The minimum Gasteiger partial charge on any atom is -0.322 e. The van der Waals surface area contributed by atoms with Gasteiger partial charge in [0.1, 0.15) is 0 Å². The molecule has 0 aromatic heterocycles. The number of likely N-dealkylation sites (N-methyl/N-ethyl adjacent to an activating group) is 1. The summed E-state index contributed by atoms with van der Waals surface area (Å²) >= 11 is 0. The first kappa shape index (κ1) is 19.8. The van der Waals surface area contributed by atoms with Crippen molar-refractivity contribution in [1.82, 2.24) is 5.01 Å². The van der Waals surface area contributed by atoms with Gasteiger partial charge >= 0.3 is 0 Å². The third-order valence-electron chi connectivity index (χ3n) is 4.86. The van der Waals surface area contributed by atoms with Gasteiger partial charge in [0, 0.05) is 12.1 Å². The summed E-state index contributed by atoms with van der Waals surface area (Å²) in [5.74, 6) is -0.166. The highest BCUT2D eigenvalue weighted by Gasteiger charge is 2.24. The molecule has 2 aromatic rings. The summed E-state index contributed by atoms with van der Waals surface area (Å²) in [4.78, 5) is 25.8. The maximum absolute atomic E-state index is 12.5. The summed E-state index contributed by atoms with van der Waals surface area (Å²) in [6.45, 7) is 4.98. The van der Waals surface area contributed by atoms with Crippen LogP contribution in [-0.4, -0.2) is 49.2 Å². The molecule has 0 saturated carbocycles. The molecule has 0 radical (unpaired) electrons. The highest BCUT2D eigenvalue weighted by atomic mass is 16.2. The molecule has 6 nitrogen and oxygen atoms in total. The van der Waals surface area contributed by atoms with E-state index in [0.717, 1.165) is 39.4 Å². The Morgan fingerprint density at radius 1 is 1.04 bits per heavy atom. The van der Waals surface area contributed by atoms with E-state index < -0.39 is 0 Å². The molecule has 0 bridgehead atoms. The highest BCUT2D eigenvalue weighted by molar-refractivity contribution is 6.02. The van der Waals surface area contributed by atoms with Crippen molar-refractivity contribution in [3.05, 3.63) is 65.2 Å². The van der Waals surface area contributed by atoms with Crippen LogP contribution in [0.25, 0.3) is 0 Å². The van der Waals surface area contributed by atoms with E-state index in [1.54, 1.807) is 0 Å².